The van der Waals surface area contributed by atoms with E-state index in [0.29, 0.717) is 30.2 Å². The lowest BCUT2D eigenvalue weighted by Crippen LogP contribution is -2.40. The first-order valence-electron chi connectivity index (χ1n) is 8.73. The molecule has 26 heavy (non-hydrogen) atoms. The predicted molar refractivity (Wildman–Crippen MR) is 94.6 cm³/mol. The van der Waals surface area contributed by atoms with Gasteiger partial charge in [0.15, 0.2) is 5.76 Å². The van der Waals surface area contributed by atoms with Crippen LogP contribution in [0.1, 0.15) is 55.9 Å². The minimum Gasteiger partial charge on any atom is -0.360 e. The van der Waals surface area contributed by atoms with Gasteiger partial charge in [-0.3, -0.25) is 4.57 Å². The van der Waals surface area contributed by atoms with Gasteiger partial charge in [0.2, 0.25) is 10.0 Å². The molecule has 0 radical (unpaired) electrons. The lowest BCUT2D eigenvalue weighted by molar-refractivity contribution is 0.301. The zero-order valence-corrected chi connectivity index (χ0v) is 16.6. The summed E-state index contributed by atoms with van der Waals surface area (Å²) in [7, 11) is -2.09. The average molecular weight is 383 g/mol. The third kappa shape index (κ3) is 3.01. The van der Waals surface area contributed by atoms with Gasteiger partial charge in [-0.25, -0.2) is 17.9 Å². The van der Waals surface area contributed by atoms with Crippen molar-refractivity contribution in [3.63, 3.8) is 0 Å². The Bertz CT molecular complexity index is 950. The van der Waals surface area contributed by atoms with E-state index in [4.69, 9.17) is 4.52 Å². The minimum atomic E-state index is -3.70. The number of rotatable bonds is 4. The molecule has 9 nitrogen and oxygen atoms in total. The smallest absolute Gasteiger partial charge is 0.345 e. The van der Waals surface area contributed by atoms with Crippen molar-refractivity contribution in [1.82, 2.24) is 23.8 Å². The minimum absolute atomic E-state index is 0.0410. The molecule has 2 aromatic rings. The maximum absolute atomic E-state index is 13.1. The summed E-state index contributed by atoms with van der Waals surface area (Å²) in [6, 6.07) is -0.0410. The fraction of sp³-hybridized carbons (Fsp3) is 0.688. The summed E-state index contributed by atoms with van der Waals surface area (Å²) in [6.07, 6.45) is 1.49. The summed E-state index contributed by atoms with van der Waals surface area (Å²) in [5.74, 6) is 0.808. The quantitative estimate of drug-likeness (QED) is 0.789. The largest absolute Gasteiger partial charge is 0.360 e. The maximum Gasteiger partial charge on any atom is 0.345 e. The summed E-state index contributed by atoms with van der Waals surface area (Å²) in [5, 5.41) is 8.15. The molecule has 2 aromatic heterocycles. The number of aryl methyl sites for hydroxylation is 3. The van der Waals surface area contributed by atoms with Crippen LogP contribution in [0, 0.1) is 13.8 Å². The van der Waals surface area contributed by atoms with E-state index >= 15 is 0 Å². The first-order valence-corrected chi connectivity index (χ1v) is 10.2. The standard InChI is InChI=1S/C16H25N5O4S/c1-10(2)21-15(17-19(5)16(21)22)13-7-6-8-20(9-13)26(23,24)14-11(3)18-25-12(14)4/h10,13H,6-9H2,1-5H3. The number of sulfonamides is 1. The Morgan fingerprint density at radius 3 is 2.54 bits per heavy atom. The summed E-state index contributed by atoms with van der Waals surface area (Å²) in [4.78, 5) is 12.5. The van der Waals surface area contributed by atoms with Gasteiger partial charge in [0.25, 0.3) is 0 Å². The lowest BCUT2D eigenvalue weighted by Gasteiger charge is -2.31. The van der Waals surface area contributed by atoms with Gasteiger partial charge in [-0.05, 0) is 40.5 Å². The van der Waals surface area contributed by atoms with E-state index in [0.717, 1.165) is 6.42 Å². The van der Waals surface area contributed by atoms with Gasteiger partial charge >= 0.3 is 5.69 Å². The van der Waals surface area contributed by atoms with Crippen LogP contribution in [0.25, 0.3) is 0 Å². The normalized spacial score (nSPS) is 19.4. The Kier molecular flexibility index (Phi) is 4.82. The molecule has 0 aromatic carbocycles. The van der Waals surface area contributed by atoms with Crippen LogP contribution in [0.15, 0.2) is 14.2 Å². The highest BCUT2D eigenvalue weighted by Crippen LogP contribution is 2.31. The highest BCUT2D eigenvalue weighted by Gasteiger charge is 2.36. The molecule has 0 aliphatic carbocycles. The van der Waals surface area contributed by atoms with Crippen LogP contribution in [-0.2, 0) is 17.1 Å². The molecular weight excluding hydrogens is 358 g/mol. The monoisotopic (exact) mass is 383 g/mol. The van der Waals surface area contributed by atoms with Gasteiger partial charge in [-0.2, -0.15) is 9.40 Å². The summed E-state index contributed by atoms with van der Waals surface area (Å²) in [5.41, 5.74) is 0.183. The van der Waals surface area contributed by atoms with Crippen molar-refractivity contribution < 1.29 is 12.9 Å². The number of hydrogen-bond donors (Lipinski definition) is 0. The number of piperidine rings is 1. The van der Waals surface area contributed by atoms with Crippen LogP contribution >= 0.6 is 0 Å². The molecule has 144 valence electrons. The Morgan fingerprint density at radius 1 is 1.27 bits per heavy atom. The van der Waals surface area contributed by atoms with Crippen LogP contribution in [0.2, 0.25) is 0 Å². The second-order valence-electron chi connectivity index (χ2n) is 7.08. The molecule has 0 saturated carbocycles. The van der Waals surface area contributed by atoms with E-state index in [2.05, 4.69) is 10.3 Å². The second-order valence-corrected chi connectivity index (χ2v) is 8.96. The van der Waals surface area contributed by atoms with Crippen LogP contribution in [0.4, 0.5) is 0 Å². The molecule has 1 fully saturated rings. The van der Waals surface area contributed by atoms with Crippen molar-refractivity contribution in [2.45, 2.75) is 57.4 Å². The third-order valence-electron chi connectivity index (χ3n) is 4.81. The van der Waals surface area contributed by atoms with Crippen LogP contribution in [0.5, 0.6) is 0 Å². The van der Waals surface area contributed by atoms with Gasteiger partial charge in [-0.15, -0.1) is 0 Å². The zero-order valence-electron chi connectivity index (χ0n) is 15.8. The van der Waals surface area contributed by atoms with Gasteiger partial charge < -0.3 is 4.52 Å². The molecule has 0 bridgehead atoms. The zero-order chi connectivity index (χ0) is 19.2. The first-order chi connectivity index (χ1) is 12.1. The van der Waals surface area contributed by atoms with E-state index < -0.39 is 10.0 Å². The Balaban J connectivity index is 1.96. The van der Waals surface area contributed by atoms with Crippen molar-refractivity contribution in [3.05, 3.63) is 27.8 Å². The number of hydrogen-bond acceptors (Lipinski definition) is 6. The fourth-order valence-electron chi connectivity index (χ4n) is 3.61. The number of aromatic nitrogens is 4. The fourth-order valence-corrected chi connectivity index (χ4v) is 5.42. The molecular formula is C16H25N5O4S. The highest BCUT2D eigenvalue weighted by atomic mass is 32.2. The molecule has 0 amide bonds. The van der Waals surface area contributed by atoms with E-state index in [1.54, 1.807) is 25.5 Å². The average Bonchev–Trinajstić information content (AvgIpc) is 3.07. The molecule has 1 atom stereocenters. The van der Waals surface area contributed by atoms with Gasteiger partial charge in [0, 0.05) is 32.1 Å². The molecule has 1 aliphatic heterocycles. The topological polar surface area (TPSA) is 103 Å². The molecule has 1 unspecified atom stereocenters. The molecule has 1 aliphatic rings. The van der Waals surface area contributed by atoms with E-state index in [-0.39, 0.29) is 29.1 Å². The Hall–Kier alpha value is -1.94. The summed E-state index contributed by atoms with van der Waals surface area (Å²) >= 11 is 0. The van der Waals surface area contributed by atoms with Crippen molar-refractivity contribution in [2.75, 3.05) is 13.1 Å². The molecule has 0 N–H and O–H groups in total. The van der Waals surface area contributed by atoms with Crippen molar-refractivity contribution in [3.8, 4) is 0 Å². The number of nitrogens with zero attached hydrogens (tertiary/aromatic N) is 5. The van der Waals surface area contributed by atoms with E-state index in [1.165, 1.54) is 8.99 Å². The first kappa shape index (κ1) is 18.8. The highest BCUT2D eigenvalue weighted by molar-refractivity contribution is 7.89. The molecule has 10 heteroatoms. The van der Waals surface area contributed by atoms with E-state index in [1.807, 2.05) is 13.8 Å². The van der Waals surface area contributed by atoms with Crippen LogP contribution < -0.4 is 5.69 Å². The van der Waals surface area contributed by atoms with Gasteiger partial charge in [0.05, 0.1) is 0 Å². The Labute approximate surface area is 152 Å². The van der Waals surface area contributed by atoms with E-state index in [9.17, 15) is 13.2 Å². The van der Waals surface area contributed by atoms with Crippen molar-refractivity contribution >= 4 is 10.0 Å². The van der Waals surface area contributed by atoms with Crippen molar-refractivity contribution in [1.29, 1.82) is 0 Å². The van der Waals surface area contributed by atoms with Crippen LogP contribution in [0.3, 0.4) is 0 Å². The SMILES string of the molecule is Cc1noc(C)c1S(=O)(=O)N1CCCC(c2nn(C)c(=O)n2C(C)C)C1. The second kappa shape index (κ2) is 6.66. The summed E-state index contributed by atoms with van der Waals surface area (Å²) in [6.45, 7) is 7.79. The summed E-state index contributed by atoms with van der Waals surface area (Å²) < 4.78 is 35.6. The molecule has 3 heterocycles. The molecule has 0 spiro atoms. The van der Waals surface area contributed by atoms with Crippen LogP contribution in [-0.4, -0.2) is 45.3 Å². The maximum atomic E-state index is 13.1. The van der Waals surface area contributed by atoms with Gasteiger partial charge in [0.1, 0.15) is 16.4 Å². The van der Waals surface area contributed by atoms with Gasteiger partial charge in [-0.1, -0.05) is 5.16 Å². The predicted octanol–water partition coefficient (Wildman–Crippen LogP) is 1.34. The Morgan fingerprint density at radius 2 is 1.96 bits per heavy atom. The molecule has 3 rings (SSSR count). The van der Waals surface area contributed by atoms with Crippen molar-refractivity contribution in [2.24, 2.45) is 7.05 Å². The molecule has 1 saturated heterocycles. The lowest BCUT2D eigenvalue weighted by atomic mass is 9.98. The third-order valence-corrected chi connectivity index (χ3v) is 6.92.